The zero-order valence-electron chi connectivity index (χ0n) is 17.1. The molecule has 0 saturated heterocycles. The summed E-state index contributed by atoms with van der Waals surface area (Å²) >= 11 is 0. The number of anilines is 3. The number of carbonyl (C=O) groups is 1. The predicted molar refractivity (Wildman–Crippen MR) is 119 cm³/mol. The number of hydrogen-bond acceptors (Lipinski definition) is 7. The fraction of sp³-hybridized carbons (Fsp3) is 0.182. The standard InChI is InChI=1S/C22H21N5O4/c1-3-23-22(30)27-17-8-7-15(10-14(17)12-25-27)26-19-18(20(28)21(19)29)24-11-13-5-4-6-16(9-13)31-2/h4-10,12,24,26H,3,11H2,1-2H3,(H,23,30). The molecule has 0 saturated carbocycles. The van der Waals surface area contributed by atoms with E-state index in [2.05, 4.69) is 21.0 Å². The first-order valence-corrected chi connectivity index (χ1v) is 9.75. The van der Waals surface area contributed by atoms with Crippen LogP contribution in [-0.4, -0.2) is 29.5 Å². The molecular formula is C22H21N5O4. The Bertz CT molecular complexity index is 1330. The van der Waals surface area contributed by atoms with Gasteiger partial charge in [0.25, 0.3) is 10.9 Å². The van der Waals surface area contributed by atoms with Gasteiger partial charge in [-0.1, -0.05) is 12.1 Å². The first-order chi connectivity index (χ1) is 15.0. The Morgan fingerprint density at radius 3 is 2.68 bits per heavy atom. The molecule has 1 aromatic heterocycles. The molecule has 9 heteroatoms. The second-order valence-corrected chi connectivity index (χ2v) is 6.90. The van der Waals surface area contributed by atoms with E-state index in [9.17, 15) is 14.4 Å². The lowest BCUT2D eigenvalue weighted by atomic mass is 10.1. The van der Waals surface area contributed by atoms with Crippen LogP contribution in [0.5, 0.6) is 5.75 Å². The van der Waals surface area contributed by atoms with E-state index in [1.54, 1.807) is 31.5 Å². The number of fused-ring (bicyclic) bond motifs is 1. The smallest absolute Gasteiger partial charge is 0.342 e. The zero-order valence-corrected chi connectivity index (χ0v) is 17.1. The molecule has 0 aliphatic rings. The number of hydrogen-bond donors (Lipinski definition) is 3. The first kappa shape index (κ1) is 20.1. The first-order valence-electron chi connectivity index (χ1n) is 9.75. The molecule has 0 radical (unpaired) electrons. The van der Waals surface area contributed by atoms with Crippen molar-refractivity contribution in [1.29, 1.82) is 0 Å². The number of carbonyl (C=O) groups excluding carboxylic acids is 1. The van der Waals surface area contributed by atoms with Crippen molar-refractivity contribution < 1.29 is 9.53 Å². The van der Waals surface area contributed by atoms with Gasteiger partial charge < -0.3 is 20.7 Å². The van der Waals surface area contributed by atoms with Crippen molar-refractivity contribution in [3.63, 3.8) is 0 Å². The number of nitrogens with zero attached hydrogens (tertiary/aromatic N) is 2. The molecule has 0 spiro atoms. The van der Waals surface area contributed by atoms with Gasteiger partial charge in [-0.25, -0.2) is 4.79 Å². The Morgan fingerprint density at radius 1 is 1.10 bits per heavy atom. The minimum absolute atomic E-state index is 0.211. The van der Waals surface area contributed by atoms with Gasteiger partial charge in [0.1, 0.15) is 17.1 Å². The van der Waals surface area contributed by atoms with Crippen LogP contribution in [0.1, 0.15) is 12.5 Å². The van der Waals surface area contributed by atoms with Crippen LogP contribution < -0.4 is 31.5 Å². The Hall–Kier alpha value is -4.14. The highest BCUT2D eigenvalue weighted by atomic mass is 16.5. The van der Waals surface area contributed by atoms with Crippen molar-refractivity contribution >= 4 is 34.0 Å². The van der Waals surface area contributed by atoms with Gasteiger partial charge in [0.2, 0.25) is 0 Å². The summed E-state index contributed by atoms with van der Waals surface area (Å²) in [5.74, 6) is 0.712. The maximum Gasteiger partial charge on any atom is 0.342 e. The minimum Gasteiger partial charge on any atom is -0.497 e. The van der Waals surface area contributed by atoms with E-state index in [0.29, 0.717) is 30.0 Å². The second-order valence-electron chi connectivity index (χ2n) is 6.90. The summed E-state index contributed by atoms with van der Waals surface area (Å²) in [6, 6.07) is 12.3. The van der Waals surface area contributed by atoms with Crippen LogP contribution in [0.25, 0.3) is 10.9 Å². The average Bonchev–Trinajstić information content (AvgIpc) is 3.22. The lowest BCUT2D eigenvalue weighted by Gasteiger charge is -2.15. The van der Waals surface area contributed by atoms with Crippen molar-refractivity contribution in [2.75, 3.05) is 24.3 Å². The van der Waals surface area contributed by atoms with Gasteiger partial charge in [-0.2, -0.15) is 9.78 Å². The van der Waals surface area contributed by atoms with Crippen molar-refractivity contribution in [3.8, 4) is 5.75 Å². The molecule has 31 heavy (non-hydrogen) atoms. The van der Waals surface area contributed by atoms with E-state index in [-0.39, 0.29) is 17.4 Å². The molecule has 4 rings (SSSR count). The quantitative estimate of drug-likeness (QED) is 0.395. The molecule has 0 bridgehead atoms. The maximum absolute atomic E-state index is 12.1. The predicted octanol–water partition coefficient (Wildman–Crippen LogP) is 2.57. The second kappa shape index (κ2) is 8.31. The number of rotatable bonds is 7. The van der Waals surface area contributed by atoms with E-state index in [4.69, 9.17) is 4.74 Å². The molecule has 1 amide bonds. The Labute approximate surface area is 177 Å². The van der Waals surface area contributed by atoms with Crippen molar-refractivity contribution in [2.24, 2.45) is 0 Å². The van der Waals surface area contributed by atoms with Crippen LogP contribution in [0, 0.1) is 0 Å². The van der Waals surface area contributed by atoms with Crippen LogP contribution >= 0.6 is 0 Å². The fourth-order valence-corrected chi connectivity index (χ4v) is 3.30. The van der Waals surface area contributed by atoms with Gasteiger partial charge in [-0.05, 0) is 42.8 Å². The topological polar surface area (TPSA) is 114 Å². The maximum atomic E-state index is 12.1. The molecule has 0 fully saturated rings. The highest BCUT2D eigenvalue weighted by Gasteiger charge is 2.21. The highest BCUT2D eigenvalue weighted by molar-refractivity contribution is 5.92. The third kappa shape index (κ3) is 3.85. The van der Waals surface area contributed by atoms with Crippen LogP contribution in [0.2, 0.25) is 0 Å². The largest absolute Gasteiger partial charge is 0.497 e. The monoisotopic (exact) mass is 419 g/mol. The van der Waals surface area contributed by atoms with E-state index in [0.717, 1.165) is 10.9 Å². The van der Waals surface area contributed by atoms with E-state index >= 15 is 0 Å². The summed E-state index contributed by atoms with van der Waals surface area (Å²) in [7, 11) is 1.59. The molecule has 3 N–H and O–H groups in total. The Balaban J connectivity index is 1.53. The van der Waals surface area contributed by atoms with Gasteiger partial charge in [0.05, 0.1) is 18.8 Å². The minimum atomic E-state index is -0.578. The summed E-state index contributed by atoms with van der Waals surface area (Å²) in [4.78, 5) is 36.2. The lowest BCUT2D eigenvalue weighted by Crippen LogP contribution is -2.36. The molecule has 0 atom stereocenters. The van der Waals surface area contributed by atoms with Gasteiger partial charge in [-0.3, -0.25) is 9.59 Å². The summed E-state index contributed by atoms with van der Waals surface area (Å²) in [5.41, 5.74) is 1.48. The molecule has 4 aromatic rings. The van der Waals surface area contributed by atoms with Gasteiger partial charge >= 0.3 is 6.03 Å². The van der Waals surface area contributed by atoms with Crippen LogP contribution in [0.15, 0.2) is 58.3 Å². The highest BCUT2D eigenvalue weighted by Crippen LogP contribution is 2.25. The molecule has 0 aliphatic carbocycles. The summed E-state index contributed by atoms with van der Waals surface area (Å²) in [6.45, 7) is 2.70. The molecule has 1 heterocycles. The van der Waals surface area contributed by atoms with Crippen molar-refractivity contribution in [1.82, 2.24) is 15.1 Å². The number of nitrogens with one attached hydrogen (secondary N) is 3. The lowest BCUT2D eigenvalue weighted by molar-refractivity contribution is 0.241. The van der Waals surface area contributed by atoms with Crippen molar-refractivity contribution in [3.05, 3.63) is 74.7 Å². The summed E-state index contributed by atoms with van der Waals surface area (Å²) < 4.78 is 6.48. The fourth-order valence-electron chi connectivity index (χ4n) is 3.30. The van der Waals surface area contributed by atoms with Crippen molar-refractivity contribution in [2.45, 2.75) is 13.5 Å². The molecule has 9 nitrogen and oxygen atoms in total. The third-order valence-electron chi connectivity index (χ3n) is 4.87. The van der Waals surface area contributed by atoms with Gasteiger partial charge in [-0.15, -0.1) is 0 Å². The SMILES string of the molecule is CCNC(=O)n1ncc2cc(Nc3c(NCc4cccc(OC)c4)c(=O)c3=O)ccc21. The van der Waals surface area contributed by atoms with Crippen LogP contribution in [0.3, 0.4) is 0 Å². The zero-order chi connectivity index (χ0) is 22.0. The van der Waals surface area contributed by atoms with Crippen LogP contribution in [0.4, 0.5) is 21.9 Å². The normalized spacial score (nSPS) is 10.9. The molecule has 0 unspecified atom stereocenters. The van der Waals surface area contributed by atoms with Gasteiger partial charge in [0, 0.05) is 24.2 Å². The average molecular weight is 419 g/mol. The van der Waals surface area contributed by atoms with E-state index < -0.39 is 10.9 Å². The number of aromatic nitrogens is 2. The molecule has 3 aromatic carbocycles. The van der Waals surface area contributed by atoms with Gasteiger partial charge in [0.15, 0.2) is 0 Å². The Kier molecular flexibility index (Phi) is 5.40. The summed E-state index contributed by atoms with van der Waals surface area (Å²) in [6.07, 6.45) is 1.57. The number of amides is 1. The van der Waals surface area contributed by atoms with E-state index in [1.165, 1.54) is 4.68 Å². The molecule has 0 aliphatic heterocycles. The number of methoxy groups -OCH3 is 1. The summed E-state index contributed by atoms with van der Waals surface area (Å²) in [5, 5.41) is 13.6. The van der Waals surface area contributed by atoms with E-state index in [1.807, 2.05) is 31.2 Å². The Morgan fingerprint density at radius 2 is 1.90 bits per heavy atom. The number of benzene rings is 2. The van der Waals surface area contributed by atoms with Crippen LogP contribution in [-0.2, 0) is 6.54 Å². The third-order valence-corrected chi connectivity index (χ3v) is 4.87. The molecular weight excluding hydrogens is 398 g/mol. The molecule has 158 valence electrons. The number of ether oxygens (including phenoxy) is 1.